The molecular weight excluding hydrogens is 427 g/mol. The third-order valence-corrected chi connectivity index (χ3v) is 5.49. The van der Waals surface area contributed by atoms with Gasteiger partial charge in [0.05, 0.1) is 11.8 Å². The minimum atomic E-state index is -0.842. The fraction of sp³-hybridized carbons (Fsp3) is 0.125. The average molecular weight is 444 g/mol. The van der Waals surface area contributed by atoms with E-state index in [1.54, 1.807) is 36.4 Å². The lowest BCUT2D eigenvalue weighted by atomic mass is 9.67. The van der Waals surface area contributed by atoms with Gasteiger partial charge in [-0.05, 0) is 53.1 Å². The summed E-state index contributed by atoms with van der Waals surface area (Å²) in [7, 11) is 0. The van der Waals surface area contributed by atoms with Crippen molar-refractivity contribution in [2.45, 2.75) is 11.8 Å². The third-order valence-electron chi connectivity index (χ3n) is 4.74. The van der Waals surface area contributed by atoms with E-state index in [0.717, 1.165) is 16.7 Å². The van der Waals surface area contributed by atoms with Crippen molar-refractivity contribution >= 4 is 40.8 Å². The van der Waals surface area contributed by atoms with Crippen molar-refractivity contribution in [3.05, 3.63) is 105 Å². The van der Waals surface area contributed by atoms with Gasteiger partial charge in [-0.1, -0.05) is 77.1 Å². The van der Waals surface area contributed by atoms with Crippen molar-refractivity contribution < 1.29 is 9.53 Å². The highest BCUT2D eigenvalue weighted by molar-refractivity contribution is 6.31. The van der Waals surface area contributed by atoms with E-state index in [0.29, 0.717) is 15.1 Å². The number of halogens is 3. The summed E-state index contributed by atoms with van der Waals surface area (Å²) in [6.45, 7) is -0.0865. The van der Waals surface area contributed by atoms with E-state index in [1.807, 2.05) is 36.4 Å². The van der Waals surface area contributed by atoms with E-state index in [9.17, 15) is 4.79 Å². The SMILES string of the molecule is C#CCOC(=O)CC(c1ccc(Cl)cc1)(c1ccc(Cl)cc1)c1ccc(Cl)cc1. The van der Waals surface area contributed by atoms with Crippen LogP contribution < -0.4 is 0 Å². The number of benzene rings is 3. The lowest BCUT2D eigenvalue weighted by Gasteiger charge is -2.35. The number of ether oxygens (including phenoxy) is 1. The summed E-state index contributed by atoms with van der Waals surface area (Å²) in [4.78, 5) is 12.7. The first-order valence-corrected chi connectivity index (χ1v) is 9.96. The minimum absolute atomic E-state index is 0.0412. The monoisotopic (exact) mass is 442 g/mol. The van der Waals surface area contributed by atoms with Crippen LogP contribution in [0.2, 0.25) is 15.1 Å². The highest BCUT2D eigenvalue weighted by Crippen LogP contribution is 2.43. The molecule has 0 saturated carbocycles. The van der Waals surface area contributed by atoms with Crippen molar-refractivity contribution in [1.29, 1.82) is 0 Å². The molecule has 3 aromatic rings. The second kappa shape index (κ2) is 9.37. The van der Waals surface area contributed by atoms with Crippen LogP contribution in [0.15, 0.2) is 72.8 Å². The molecule has 0 fully saturated rings. The topological polar surface area (TPSA) is 26.3 Å². The smallest absolute Gasteiger partial charge is 0.308 e. The number of hydrogen-bond acceptors (Lipinski definition) is 2. The zero-order valence-electron chi connectivity index (χ0n) is 15.4. The molecule has 0 aliphatic carbocycles. The Bertz CT molecular complexity index is 907. The van der Waals surface area contributed by atoms with E-state index in [2.05, 4.69) is 5.92 Å². The molecule has 0 amide bonds. The van der Waals surface area contributed by atoms with Gasteiger partial charge in [-0.15, -0.1) is 6.42 Å². The number of carbonyl (C=O) groups excluding carboxylic acids is 1. The Balaban J connectivity index is 2.26. The maximum Gasteiger partial charge on any atom is 0.308 e. The van der Waals surface area contributed by atoms with Gasteiger partial charge >= 0.3 is 5.97 Å². The van der Waals surface area contributed by atoms with Crippen LogP contribution in [-0.2, 0) is 14.9 Å². The number of esters is 1. The standard InChI is InChI=1S/C24H17Cl3O2/c1-2-15-29-23(28)16-24(17-3-9-20(25)10-4-17,18-5-11-21(26)12-6-18)19-7-13-22(27)14-8-19/h1,3-14H,15-16H2. The second-order valence-electron chi connectivity index (χ2n) is 6.47. The predicted octanol–water partition coefficient (Wildman–Crippen LogP) is 6.55. The zero-order chi connectivity index (χ0) is 20.9. The van der Waals surface area contributed by atoms with Crippen molar-refractivity contribution in [2.24, 2.45) is 0 Å². The number of carbonyl (C=O) groups is 1. The highest BCUT2D eigenvalue weighted by Gasteiger charge is 2.39. The first kappa shape index (κ1) is 21.3. The van der Waals surface area contributed by atoms with Gasteiger partial charge in [-0.3, -0.25) is 4.79 Å². The summed E-state index contributed by atoms with van der Waals surface area (Å²) in [5.41, 5.74) is 1.79. The molecule has 0 radical (unpaired) electrons. The van der Waals surface area contributed by atoms with Crippen molar-refractivity contribution in [3.8, 4) is 12.3 Å². The van der Waals surface area contributed by atoms with Gasteiger partial charge in [-0.2, -0.15) is 0 Å². The van der Waals surface area contributed by atoms with Crippen molar-refractivity contribution in [1.82, 2.24) is 0 Å². The molecule has 0 saturated heterocycles. The molecule has 0 N–H and O–H groups in total. The molecule has 0 aliphatic heterocycles. The van der Waals surface area contributed by atoms with Crippen LogP contribution in [-0.4, -0.2) is 12.6 Å². The molecule has 0 aromatic heterocycles. The largest absolute Gasteiger partial charge is 0.452 e. The molecule has 0 spiro atoms. The summed E-state index contributed by atoms with van der Waals surface area (Å²) in [6.07, 6.45) is 5.29. The molecule has 0 bridgehead atoms. The Labute approximate surface area is 185 Å². The first-order chi connectivity index (χ1) is 14.0. The highest BCUT2D eigenvalue weighted by atomic mass is 35.5. The third kappa shape index (κ3) is 4.77. The molecule has 3 aromatic carbocycles. The van der Waals surface area contributed by atoms with Crippen LogP contribution in [0.3, 0.4) is 0 Å². The van der Waals surface area contributed by atoms with E-state index in [1.165, 1.54) is 0 Å². The molecule has 3 rings (SSSR count). The first-order valence-electron chi connectivity index (χ1n) is 8.83. The maximum absolute atomic E-state index is 12.7. The van der Waals surface area contributed by atoms with Gasteiger partial charge < -0.3 is 4.74 Å². The maximum atomic E-state index is 12.7. The van der Waals surface area contributed by atoms with Gasteiger partial charge in [0, 0.05) is 15.1 Å². The van der Waals surface area contributed by atoms with Crippen LogP contribution in [0.5, 0.6) is 0 Å². The number of terminal acetylenes is 1. The Morgan fingerprint density at radius 3 is 1.41 bits per heavy atom. The van der Waals surface area contributed by atoms with E-state index in [-0.39, 0.29) is 13.0 Å². The van der Waals surface area contributed by atoms with Crippen LogP contribution in [0.1, 0.15) is 23.1 Å². The molecule has 29 heavy (non-hydrogen) atoms. The number of hydrogen-bond donors (Lipinski definition) is 0. The molecule has 2 nitrogen and oxygen atoms in total. The van der Waals surface area contributed by atoms with Crippen molar-refractivity contribution in [2.75, 3.05) is 6.61 Å². The Kier molecular flexibility index (Phi) is 6.87. The van der Waals surface area contributed by atoms with E-state index >= 15 is 0 Å². The summed E-state index contributed by atoms with van der Waals surface area (Å²) in [5.74, 6) is 1.92. The Morgan fingerprint density at radius 2 is 1.10 bits per heavy atom. The van der Waals surface area contributed by atoms with Gasteiger partial charge in [-0.25, -0.2) is 0 Å². The van der Waals surface area contributed by atoms with Gasteiger partial charge in [0.15, 0.2) is 6.61 Å². The van der Waals surface area contributed by atoms with Crippen LogP contribution >= 0.6 is 34.8 Å². The molecule has 0 atom stereocenters. The summed E-state index contributed by atoms with van der Waals surface area (Å²) >= 11 is 18.4. The summed E-state index contributed by atoms with van der Waals surface area (Å²) in [6, 6.07) is 22.2. The average Bonchev–Trinajstić information content (AvgIpc) is 2.72. The summed E-state index contributed by atoms with van der Waals surface area (Å²) in [5, 5.41) is 1.80. The quantitative estimate of drug-likeness (QED) is 0.245. The van der Waals surface area contributed by atoms with E-state index < -0.39 is 11.4 Å². The van der Waals surface area contributed by atoms with Crippen molar-refractivity contribution in [3.63, 3.8) is 0 Å². The molecule has 0 heterocycles. The predicted molar refractivity (Wildman–Crippen MR) is 119 cm³/mol. The van der Waals surface area contributed by atoms with E-state index in [4.69, 9.17) is 46.0 Å². The fourth-order valence-electron chi connectivity index (χ4n) is 3.40. The molecule has 5 heteroatoms. The molecule has 0 aliphatic rings. The minimum Gasteiger partial charge on any atom is -0.452 e. The second-order valence-corrected chi connectivity index (χ2v) is 7.78. The molecular formula is C24H17Cl3O2. The van der Waals surface area contributed by atoms with Crippen LogP contribution in [0, 0.1) is 12.3 Å². The van der Waals surface area contributed by atoms with Crippen LogP contribution in [0.25, 0.3) is 0 Å². The Hall–Kier alpha value is -2.44. The lowest BCUT2D eigenvalue weighted by Crippen LogP contribution is -2.33. The molecule has 0 unspecified atom stereocenters. The van der Waals surface area contributed by atoms with Crippen LogP contribution in [0.4, 0.5) is 0 Å². The normalized spacial score (nSPS) is 11.0. The molecule has 146 valence electrons. The number of rotatable bonds is 6. The Morgan fingerprint density at radius 1 is 0.759 bits per heavy atom. The fourth-order valence-corrected chi connectivity index (χ4v) is 3.78. The zero-order valence-corrected chi connectivity index (χ0v) is 17.6. The summed E-state index contributed by atoms with van der Waals surface area (Å²) < 4.78 is 5.23. The van der Waals surface area contributed by atoms with Gasteiger partial charge in [0.2, 0.25) is 0 Å². The lowest BCUT2D eigenvalue weighted by molar-refractivity contribution is -0.143. The van der Waals surface area contributed by atoms with Gasteiger partial charge in [0.1, 0.15) is 0 Å². The van der Waals surface area contributed by atoms with Gasteiger partial charge in [0.25, 0.3) is 0 Å².